The summed E-state index contributed by atoms with van der Waals surface area (Å²) < 4.78 is 3.42. The van der Waals surface area contributed by atoms with Gasteiger partial charge in [0.25, 0.3) is 11.8 Å². The second kappa shape index (κ2) is 9.01. The molecule has 2 amide bonds. The zero-order chi connectivity index (χ0) is 20.1. The summed E-state index contributed by atoms with van der Waals surface area (Å²) in [6.45, 7) is 2.22. The predicted molar refractivity (Wildman–Crippen MR) is 112 cm³/mol. The Morgan fingerprint density at radius 3 is 2.57 bits per heavy atom. The minimum absolute atomic E-state index is 0.219. The molecule has 1 aliphatic heterocycles. The number of carbonyl (C=O) groups excluding carboxylic acids is 2. The summed E-state index contributed by atoms with van der Waals surface area (Å²) in [5.74, 6) is 2.23. The van der Waals surface area contributed by atoms with Crippen LogP contribution in [0, 0.1) is 5.41 Å². The van der Waals surface area contributed by atoms with E-state index in [1.165, 1.54) is 0 Å². The van der Waals surface area contributed by atoms with Gasteiger partial charge in [0.15, 0.2) is 0 Å². The van der Waals surface area contributed by atoms with Gasteiger partial charge < -0.3 is 24.7 Å². The minimum atomic E-state index is -0.224. The number of rotatable bonds is 6. The van der Waals surface area contributed by atoms with Gasteiger partial charge in [0, 0.05) is 64.0 Å². The molecule has 8 nitrogen and oxygen atoms in total. The minimum Gasteiger partial charge on any atom is -0.359 e. The van der Waals surface area contributed by atoms with Crippen molar-refractivity contribution in [2.24, 2.45) is 14.1 Å². The van der Waals surface area contributed by atoms with Gasteiger partial charge in [-0.25, -0.2) is 0 Å². The van der Waals surface area contributed by atoms with Gasteiger partial charge in [-0.1, -0.05) is 0 Å². The van der Waals surface area contributed by atoms with Gasteiger partial charge in [-0.3, -0.25) is 15.0 Å². The molecule has 0 saturated carbocycles. The lowest BCUT2D eigenvalue weighted by molar-refractivity contribution is 0.0945. The zero-order valence-electron chi connectivity index (χ0n) is 16.2. The van der Waals surface area contributed by atoms with Crippen LogP contribution in [0.2, 0.25) is 0 Å². The molecule has 0 radical (unpaired) electrons. The van der Waals surface area contributed by atoms with E-state index in [1.807, 2.05) is 11.8 Å². The van der Waals surface area contributed by atoms with Crippen molar-refractivity contribution < 1.29 is 9.59 Å². The number of carbonyl (C=O) groups is 2. The third-order valence-electron chi connectivity index (χ3n) is 4.71. The number of thioether (sulfide) groups is 1. The van der Waals surface area contributed by atoms with Gasteiger partial charge in [-0.05, 0) is 18.2 Å². The van der Waals surface area contributed by atoms with E-state index < -0.39 is 0 Å². The molecule has 2 aromatic heterocycles. The van der Waals surface area contributed by atoms with Crippen molar-refractivity contribution >= 4 is 35.1 Å². The first-order valence-electron chi connectivity index (χ1n) is 9.23. The zero-order valence-corrected chi connectivity index (χ0v) is 17.0. The van der Waals surface area contributed by atoms with Gasteiger partial charge >= 0.3 is 0 Å². The van der Waals surface area contributed by atoms with E-state index in [1.54, 1.807) is 53.8 Å². The largest absolute Gasteiger partial charge is 0.359 e. The van der Waals surface area contributed by atoms with Crippen molar-refractivity contribution in [3.63, 3.8) is 0 Å². The quantitative estimate of drug-likeness (QED) is 0.507. The highest BCUT2D eigenvalue weighted by atomic mass is 32.2. The maximum Gasteiger partial charge on any atom is 0.272 e. The second-order valence-electron chi connectivity index (χ2n) is 6.74. The van der Waals surface area contributed by atoms with Crippen molar-refractivity contribution in [1.29, 1.82) is 5.41 Å². The number of nitrogens with zero attached hydrogens (tertiary/aromatic N) is 3. The third kappa shape index (κ3) is 4.78. The molecule has 1 aliphatic rings. The molecular formula is C19H26N6O2S. The molecule has 2 aromatic rings. The van der Waals surface area contributed by atoms with Crippen LogP contribution in [-0.4, -0.2) is 62.8 Å². The lowest BCUT2D eigenvalue weighted by Crippen LogP contribution is -2.39. The summed E-state index contributed by atoms with van der Waals surface area (Å²) in [5.41, 5.74) is 1.57. The van der Waals surface area contributed by atoms with Crippen LogP contribution in [0.1, 0.15) is 27.4 Å². The molecule has 150 valence electrons. The van der Waals surface area contributed by atoms with E-state index in [2.05, 4.69) is 15.5 Å². The summed E-state index contributed by atoms with van der Waals surface area (Å²) in [6, 6.07) is 5.20. The van der Waals surface area contributed by atoms with Crippen molar-refractivity contribution in [3.8, 4) is 0 Å². The average molecular weight is 403 g/mol. The highest BCUT2D eigenvalue weighted by Gasteiger charge is 2.16. The fraction of sp³-hybridized carbons (Fsp3) is 0.421. The van der Waals surface area contributed by atoms with E-state index in [4.69, 9.17) is 5.41 Å². The van der Waals surface area contributed by atoms with Crippen LogP contribution in [0.3, 0.4) is 0 Å². The van der Waals surface area contributed by atoms with E-state index in [-0.39, 0.29) is 11.8 Å². The molecule has 9 heteroatoms. The second-order valence-corrected chi connectivity index (χ2v) is 7.96. The van der Waals surface area contributed by atoms with E-state index >= 15 is 0 Å². The van der Waals surface area contributed by atoms with Crippen LogP contribution in [0.4, 0.5) is 5.69 Å². The first kappa shape index (κ1) is 20.1. The molecule has 3 rings (SSSR count). The Balaban J connectivity index is 1.52. The number of nitrogens with one attached hydrogen (secondary N) is 3. The van der Waals surface area contributed by atoms with Crippen LogP contribution in [-0.2, 0) is 14.1 Å². The van der Waals surface area contributed by atoms with E-state index in [0.717, 1.165) is 24.6 Å². The standard InChI is InChI=1S/C19H26N6O2S/c1-23-7-3-4-15(23)19(27)22-14-12-16(24(2)13-14)18(26)21-6-5-17(20)25-8-10-28-11-9-25/h3-4,7,12-13,20H,5-6,8-11H2,1-2H3,(H,21,26)(H,22,27). The van der Waals surface area contributed by atoms with Crippen LogP contribution in [0.25, 0.3) is 0 Å². The van der Waals surface area contributed by atoms with Gasteiger partial charge in [0.05, 0.1) is 11.5 Å². The molecule has 0 bridgehead atoms. The molecule has 0 aliphatic carbocycles. The first-order valence-corrected chi connectivity index (χ1v) is 10.4. The maximum absolute atomic E-state index is 12.5. The number of aromatic nitrogens is 2. The Morgan fingerprint density at radius 2 is 1.89 bits per heavy atom. The summed E-state index contributed by atoms with van der Waals surface area (Å²) in [7, 11) is 3.57. The number of aryl methyl sites for hydroxylation is 2. The normalized spacial score (nSPS) is 14.0. The molecule has 0 aromatic carbocycles. The highest BCUT2D eigenvalue weighted by Crippen LogP contribution is 2.15. The summed E-state index contributed by atoms with van der Waals surface area (Å²) in [6.07, 6.45) is 4.03. The molecule has 0 spiro atoms. The molecule has 1 fully saturated rings. The van der Waals surface area contributed by atoms with Crippen LogP contribution < -0.4 is 10.6 Å². The number of amidine groups is 1. The molecule has 1 saturated heterocycles. The van der Waals surface area contributed by atoms with Gasteiger partial charge in [0.1, 0.15) is 11.4 Å². The molecule has 0 unspecified atom stereocenters. The van der Waals surface area contributed by atoms with Crippen molar-refractivity contribution in [2.45, 2.75) is 6.42 Å². The first-order chi connectivity index (χ1) is 13.5. The van der Waals surface area contributed by atoms with Crippen LogP contribution in [0.5, 0.6) is 0 Å². The molecule has 3 heterocycles. The Hall–Kier alpha value is -2.68. The summed E-state index contributed by atoms with van der Waals surface area (Å²) in [4.78, 5) is 26.9. The monoisotopic (exact) mass is 402 g/mol. The average Bonchev–Trinajstić information content (AvgIpc) is 3.27. The lowest BCUT2D eigenvalue weighted by Gasteiger charge is -2.28. The highest BCUT2D eigenvalue weighted by molar-refractivity contribution is 7.99. The van der Waals surface area contributed by atoms with Gasteiger partial charge in [0.2, 0.25) is 0 Å². The Kier molecular flexibility index (Phi) is 6.45. The SMILES string of the molecule is Cn1cc(NC(=O)c2cccn2C)cc1C(=O)NCCC(=N)N1CCSCC1. The number of amides is 2. The topological polar surface area (TPSA) is 95.1 Å². The van der Waals surface area contributed by atoms with E-state index in [9.17, 15) is 9.59 Å². The smallest absolute Gasteiger partial charge is 0.272 e. The van der Waals surface area contributed by atoms with Crippen LogP contribution >= 0.6 is 11.8 Å². The van der Waals surface area contributed by atoms with Gasteiger partial charge in [-0.15, -0.1) is 0 Å². The van der Waals surface area contributed by atoms with Crippen LogP contribution in [0.15, 0.2) is 30.6 Å². The number of anilines is 1. The molecular weight excluding hydrogens is 376 g/mol. The van der Waals surface area contributed by atoms with Gasteiger partial charge in [-0.2, -0.15) is 11.8 Å². The Morgan fingerprint density at radius 1 is 1.14 bits per heavy atom. The fourth-order valence-corrected chi connectivity index (χ4v) is 4.03. The van der Waals surface area contributed by atoms with E-state index in [0.29, 0.717) is 35.9 Å². The Labute approximate surface area is 168 Å². The summed E-state index contributed by atoms with van der Waals surface area (Å²) in [5, 5.41) is 13.8. The summed E-state index contributed by atoms with van der Waals surface area (Å²) >= 11 is 1.91. The number of hydrogen-bond acceptors (Lipinski definition) is 4. The maximum atomic E-state index is 12.5. The predicted octanol–water partition coefficient (Wildman–Crippen LogP) is 1.76. The molecule has 0 atom stereocenters. The molecule has 28 heavy (non-hydrogen) atoms. The van der Waals surface area contributed by atoms with Crippen molar-refractivity contribution in [1.82, 2.24) is 19.4 Å². The Bertz CT molecular complexity index is 866. The molecule has 3 N–H and O–H groups in total. The van der Waals surface area contributed by atoms with Crippen molar-refractivity contribution in [2.75, 3.05) is 36.5 Å². The number of hydrogen-bond donors (Lipinski definition) is 3. The lowest BCUT2D eigenvalue weighted by atomic mass is 10.3. The van der Waals surface area contributed by atoms with Crippen molar-refractivity contribution in [3.05, 3.63) is 42.0 Å². The third-order valence-corrected chi connectivity index (χ3v) is 5.65. The fourth-order valence-electron chi connectivity index (χ4n) is 3.13.